The molecule has 1 aromatic carbocycles. The molecule has 0 aliphatic heterocycles. The van der Waals surface area contributed by atoms with Crippen LogP contribution in [-0.4, -0.2) is 23.8 Å². The zero-order valence-corrected chi connectivity index (χ0v) is 14.5. The van der Waals surface area contributed by atoms with Gasteiger partial charge in [0.2, 0.25) is 17.7 Å². The van der Waals surface area contributed by atoms with Gasteiger partial charge in [-0.15, -0.1) is 0 Å². The SMILES string of the molecule is CC[C@H](C)[C@H](NC(=O)CCC(=O)N[C@H](C)c1ccccc1)C(N)=O. The van der Waals surface area contributed by atoms with E-state index < -0.39 is 11.9 Å². The number of hydrogen-bond donors (Lipinski definition) is 3. The molecule has 0 bridgehead atoms. The van der Waals surface area contributed by atoms with Crippen LogP contribution in [0.1, 0.15) is 51.6 Å². The van der Waals surface area contributed by atoms with Crippen molar-refractivity contribution in [2.75, 3.05) is 0 Å². The van der Waals surface area contributed by atoms with Crippen LogP contribution < -0.4 is 16.4 Å². The van der Waals surface area contributed by atoms with E-state index in [1.165, 1.54) is 0 Å². The second-order valence-electron chi connectivity index (χ2n) is 6.03. The molecule has 0 aromatic heterocycles. The first-order valence-electron chi connectivity index (χ1n) is 8.28. The van der Waals surface area contributed by atoms with Crippen molar-refractivity contribution in [1.82, 2.24) is 10.6 Å². The Morgan fingerprint density at radius 2 is 1.54 bits per heavy atom. The number of hydrogen-bond acceptors (Lipinski definition) is 3. The fourth-order valence-corrected chi connectivity index (χ4v) is 2.34. The lowest BCUT2D eigenvalue weighted by atomic mass is 9.98. The number of carbonyl (C=O) groups excluding carboxylic acids is 3. The fraction of sp³-hybridized carbons (Fsp3) is 0.500. The molecule has 0 spiro atoms. The van der Waals surface area contributed by atoms with Crippen molar-refractivity contribution in [3.8, 4) is 0 Å². The molecule has 0 aliphatic carbocycles. The Balaban J connectivity index is 2.43. The Hall–Kier alpha value is -2.37. The van der Waals surface area contributed by atoms with Gasteiger partial charge >= 0.3 is 0 Å². The Morgan fingerprint density at radius 1 is 1.00 bits per heavy atom. The van der Waals surface area contributed by atoms with Gasteiger partial charge in [-0.3, -0.25) is 14.4 Å². The third-order valence-electron chi connectivity index (χ3n) is 4.09. The number of primary amides is 1. The lowest BCUT2D eigenvalue weighted by Gasteiger charge is -2.21. The van der Waals surface area contributed by atoms with E-state index in [9.17, 15) is 14.4 Å². The minimum absolute atomic E-state index is 0.0214. The molecule has 1 aromatic rings. The largest absolute Gasteiger partial charge is 0.368 e. The molecule has 0 saturated carbocycles. The first-order valence-corrected chi connectivity index (χ1v) is 8.28. The van der Waals surface area contributed by atoms with Gasteiger partial charge in [-0.25, -0.2) is 0 Å². The van der Waals surface area contributed by atoms with Crippen LogP contribution in [0.4, 0.5) is 0 Å². The van der Waals surface area contributed by atoms with Crippen molar-refractivity contribution in [2.45, 2.75) is 52.1 Å². The van der Waals surface area contributed by atoms with E-state index in [1.807, 2.05) is 51.1 Å². The smallest absolute Gasteiger partial charge is 0.240 e. The molecule has 0 aliphatic rings. The number of nitrogens with one attached hydrogen (secondary N) is 2. The van der Waals surface area contributed by atoms with Crippen molar-refractivity contribution >= 4 is 17.7 Å². The molecule has 6 heteroatoms. The van der Waals surface area contributed by atoms with Crippen LogP contribution in [0.3, 0.4) is 0 Å². The summed E-state index contributed by atoms with van der Waals surface area (Å²) >= 11 is 0. The molecule has 0 heterocycles. The lowest BCUT2D eigenvalue weighted by molar-refractivity contribution is -0.130. The van der Waals surface area contributed by atoms with Crippen molar-refractivity contribution in [3.05, 3.63) is 35.9 Å². The minimum atomic E-state index is -0.700. The van der Waals surface area contributed by atoms with Gasteiger partial charge in [0.25, 0.3) is 0 Å². The van der Waals surface area contributed by atoms with Gasteiger partial charge in [-0.1, -0.05) is 50.6 Å². The third kappa shape index (κ3) is 6.40. The van der Waals surface area contributed by atoms with Crippen molar-refractivity contribution in [1.29, 1.82) is 0 Å². The molecule has 132 valence electrons. The van der Waals surface area contributed by atoms with Gasteiger partial charge in [0.1, 0.15) is 6.04 Å². The van der Waals surface area contributed by atoms with Gasteiger partial charge in [-0.05, 0) is 18.4 Å². The number of amides is 3. The fourth-order valence-electron chi connectivity index (χ4n) is 2.34. The maximum Gasteiger partial charge on any atom is 0.240 e. The molecular weight excluding hydrogens is 306 g/mol. The summed E-state index contributed by atoms with van der Waals surface area (Å²) in [6.07, 6.45) is 0.811. The van der Waals surface area contributed by atoms with E-state index >= 15 is 0 Å². The Morgan fingerprint density at radius 3 is 2.04 bits per heavy atom. The van der Waals surface area contributed by atoms with Gasteiger partial charge in [0, 0.05) is 12.8 Å². The van der Waals surface area contributed by atoms with Gasteiger partial charge in [0.05, 0.1) is 6.04 Å². The summed E-state index contributed by atoms with van der Waals surface area (Å²) in [5.41, 5.74) is 6.32. The number of carbonyl (C=O) groups is 3. The van der Waals surface area contributed by atoms with E-state index in [4.69, 9.17) is 5.73 Å². The number of benzene rings is 1. The summed E-state index contributed by atoms with van der Waals surface area (Å²) in [5, 5.41) is 5.47. The average molecular weight is 333 g/mol. The van der Waals surface area contributed by atoms with Crippen molar-refractivity contribution in [2.24, 2.45) is 11.7 Å². The standard InChI is InChI=1S/C18H27N3O3/c1-4-12(2)17(18(19)24)21-16(23)11-10-15(22)20-13(3)14-8-6-5-7-9-14/h5-9,12-13,17H,4,10-11H2,1-3H3,(H2,19,24)(H,20,22)(H,21,23)/t12-,13+,17-/m0/s1. The molecule has 24 heavy (non-hydrogen) atoms. The highest BCUT2D eigenvalue weighted by Crippen LogP contribution is 2.11. The van der Waals surface area contributed by atoms with Gasteiger partial charge in [-0.2, -0.15) is 0 Å². The summed E-state index contributed by atoms with van der Waals surface area (Å²) in [7, 11) is 0. The molecule has 6 nitrogen and oxygen atoms in total. The topological polar surface area (TPSA) is 101 Å². The van der Waals surface area contributed by atoms with Crippen LogP contribution in [0.2, 0.25) is 0 Å². The van der Waals surface area contributed by atoms with Crippen LogP contribution in [0.25, 0.3) is 0 Å². The number of rotatable bonds is 9. The highest BCUT2D eigenvalue weighted by molar-refractivity contribution is 5.88. The quantitative estimate of drug-likeness (QED) is 0.640. The lowest BCUT2D eigenvalue weighted by Crippen LogP contribution is -2.48. The van der Waals surface area contributed by atoms with E-state index in [2.05, 4.69) is 10.6 Å². The average Bonchev–Trinajstić information content (AvgIpc) is 2.57. The van der Waals surface area contributed by atoms with Crippen molar-refractivity contribution < 1.29 is 14.4 Å². The molecule has 0 unspecified atom stereocenters. The first-order chi connectivity index (χ1) is 11.3. The summed E-state index contributed by atoms with van der Waals surface area (Å²) in [4.78, 5) is 35.3. The Bertz CT molecular complexity index is 560. The summed E-state index contributed by atoms with van der Waals surface area (Å²) < 4.78 is 0. The minimum Gasteiger partial charge on any atom is -0.368 e. The van der Waals surface area contributed by atoms with E-state index in [-0.39, 0.29) is 36.6 Å². The highest BCUT2D eigenvalue weighted by Gasteiger charge is 2.23. The van der Waals surface area contributed by atoms with Crippen LogP contribution in [0.5, 0.6) is 0 Å². The maximum absolute atomic E-state index is 12.0. The first kappa shape index (κ1) is 19.7. The van der Waals surface area contributed by atoms with Crippen LogP contribution >= 0.6 is 0 Å². The van der Waals surface area contributed by atoms with E-state index in [0.29, 0.717) is 0 Å². The molecule has 4 N–H and O–H groups in total. The predicted octanol–water partition coefficient (Wildman–Crippen LogP) is 1.66. The molecule has 0 radical (unpaired) electrons. The monoisotopic (exact) mass is 333 g/mol. The predicted molar refractivity (Wildman–Crippen MR) is 92.8 cm³/mol. The second kappa shape index (κ2) is 9.70. The second-order valence-corrected chi connectivity index (χ2v) is 6.03. The zero-order chi connectivity index (χ0) is 18.1. The third-order valence-corrected chi connectivity index (χ3v) is 4.09. The van der Waals surface area contributed by atoms with Crippen LogP contribution in [-0.2, 0) is 14.4 Å². The normalized spacial score (nSPS) is 14.3. The summed E-state index contributed by atoms with van der Waals surface area (Å²) in [6, 6.07) is 8.76. The van der Waals surface area contributed by atoms with E-state index in [0.717, 1.165) is 12.0 Å². The zero-order valence-electron chi connectivity index (χ0n) is 14.5. The molecule has 3 amide bonds. The molecule has 0 saturated heterocycles. The highest BCUT2D eigenvalue weighted by atomic mass is 16.2. The van der Waals surface area contributed by atoms with Crippen LogP contribution in [0.15, 0.2) is 30.3 Å². The molecule has 0 fully saturated rings. The van der Waals surface area contributed by atoms with Crippen LogP contribution in [0, 0.1) is 5.92 Å². The molecule has 1 rings (SSSR count). The number of nitrogens with two attached hydrogens (primary N) is 1. The maximum atomic E-state index is 12.0. The van der Waals surface area contributed by atoms with E-state index in [1.54, 1.807) is 0 Å². The van der Waals surface area contributed by atoms with Gasteiger partial charge < -0.3 is 16.4 Å². The molecular formula is C18H27N3O3. The Kier molecular flexibility index (Phi) is 7.95. The molecule has 3 atom stereocenters. The summed E-state index contributed by atoms with van der Waals surface area (Å²) in [5.74, 6) is -1.15. The Labute approximate surface area is 143 Å². The van der Waals surface area contributed by atoms with Gasteiger partial charge in [0.15, 0.2) is 0 Å². The van der Waals surface area contributed by atoms with Crippen molar-refractivity contribution in [3.63, 3.8) is 0 Å². The summed E-state index contributed by atoms with van der Waals surface area (Å²) in [6.45, 7) is 5.66.